The molecule has 0 saturated carbocycles. The molecule has 0 unspecified atom stereocenters. The molecule has 9 nitrogen and oxygen atoms in total. The van der Waals surface area contributed by atoms with E-state index in [0.29, 0.717) is 23.5 Å². The van der Waals surface area contributed by atoms with Crippen LogP contribution in [0.3, 0.4) is 0 Å². The number of hydrogen-bond donors (Lipinski definition) is 5. The van der Waals surface area contributed by atoms with Crippen molar-refractivity contribution in [3.8, 4) is 17.0 Å². The number of carbonyl (C=O) groups is 1. The number of benzene rings is 2. The van der Waals surface area contributed by atoms with E-state index >= 15 is 0 Å². The van der Waals surface area contributed by atoms with Crippen LogP contribution in [-0.4, -0.2) is 29.6 Å². The third-order valence-electron chi connectivity index (χ3n) is 3.84. The normalized spacial score (nSPS) is 11.3. The molecule has 140 valence electrons. The number of nitrogens with zero attached hydrogens (tertiary/aromatic N) is 1. The maximum Gasteiger partial charge on any atom is 0.273 e. The van der Waals surface area contributed by atoms with Crippen LogP contribution in [0.4, 0.5) is 5.69 Å². The van der Waals surface area contributed by atoms with Crippen molar-refractivity contribution in [3.63, 3.8) is 0 Å². The highest BCUT2D eigenvalue weighted by molar-refractivity contribution is 7.89. The van der Waals surface area contributed by atoms with Gasteiger partial charge in [-0.05, 0) is 48.0 Å². The highest BCUT2D eigenvalue weighted by Gasteiger charge is 2.14. The molecule has 0 aliphatic heterocycles. The zero-order chi connectivity index (χ0) is 19.6. The van der Waals surface area contributed by atoms with E-state index in [2.05, 4.69) is 15.5 Å². The van der Waals surface area contributed by atoms with Gasteiger partial charge < -0.3 is 16.2 Å². The molecule has 10 heteroatoms. The first-order chi connectivity index (χ1) is 12.8. The van der Waals surface area contributed by atoms with Crippen LogP contribution >= 0.6 is 0 Å². The Kier molecular flexibility index (Phi) is 4.95. The Bertz CT molecular complexity index is 1090. The van der Waals surface area contributed by atoms with Gasteiger partial charge in [-0.2, -0.15) is 5.10 Å². The van der Waals surface area contributed by atoms with Gasteiger partial charge >= 0.3 is 0 Å². The lowest BCUT2D eigenvalue weighted by Crippen LogP contribution is -2.14. The van der Waals surface area contributed by atoms with E-state index in [1.807, 2.05) is 0 Å². The van der Waals surface area contributed by atoms with Crippen molar-refractivity contribution in [2.45, 2.75) is 11.4 Å². The first-order valence-electron chi connectivity index (χ1n) is 7.80. The van der Waals surface area contributed by atoms with Gasteiger partial charge in [0, 0.05) is 17.8 Å². The molecule has 2 aromatic carbocycles. The number of sulfonamides is 1. The molecule has 0 bridgehead atoms. The summed E-state index contributed by atoms with van der Waals surface area (Å²) < 4.78 is 22.5. The van der Waals surface area contributed by atoms with Gasteiger partial charge in [0.1, 0.15) is 11.4 Å². The van der Waals surface area contributed by atoms with E-state index < -0.39 is 15.9 Å². The van der Waals surface area contributed by atoms with E-state index in [-0.39, 0.29) is 16.3 Å². The van der Waals surface area contributed by atoms with Crippen LogP contribution in [0.25, 0.3) is 11.3 Å². The summed E-state index contributed by atoms with van der Waals surface area (Å²) in [6, 6.07) is 11.9. The highest BCUT2D eigenvalue weighted by atomic mass is 32.2. The summed E-state index contributed by atoms with van der Waals surface area (Å²) in [7, 11) is -3.80. The SMILES string of the molecule is NCc1ccc(-c2cc(C(=O)Nc3ccc(S(N)(=O)=O)cc3)[nH]n2)c(O)c1. The first kappa shape index (κ1) is 18.6. The third-order valence-corrected chi connectivity index (χ3v) is 4.77. The van der Waals surface area contributed by atoms with Crippen molar-refractivity contribution in [2.75, 3.05) is 5.32 Å². The van der Waals surface area contributed by atoms with Crippen LogP contribution in [-0.2, 0) is 16.6 Å². The standard InChI is InChI=1S/C17H17N5O4S/c18-9-10-1-6-13(16(23)7-10)14-8-15(22-21-14)17(24)20-11-2-4-12(5-3-11)27(19,25)26/h1-8,23H,9,18H2,(H,20,24)(H,21,22)(H2,19,25,26). The molecule has 3 rings (SSSR count). The number of aromatic amines is 1. The number of aromatic hydroxyl groups is 1. The van der Waals surface area contributed by atoms with Crippen LogP contribution < -0.4 is 16.2 Å². The summed E-state index contributed by atoms with van der Waals surface area (Å²) in [4.78, 5) is 12.3. The van der Waals surface area contributed by atoms with Gasteiger partial charge in [0.25, 0.3) is 5.91 Å². The van der Waals surface area contributed by atoms with Crippen molar-refractivity contribution in [1.29, 1.82) is 0 Å². The van der Waals surface area contributed by atoms with E-state index in [4.69, 9.17) is 10.9 Å². The van der Waals surface area contributed by atoms with Gasteiger partial charge in [0.15, 0.2) is 0 Å². The maximum absolute atomic E-state index is 12.3. The molecule has 0 fully saturated rings. The Hall–Kier alpha value is -3.21. The van der Waals surface area contributed by atoms with Crippen LogP contribution in [0.15, 0.2) is 53.4 Å². The molecular formula is C17H17N5O4S. The van der Waals surface area contributed by atoms with E-state index in [9.17, 15) is 18.3 Å². The number of anilines is 1. The molecule has 27 heavy (non-hydrogen) atoms. The molecule has 0 aliphatic rings. The molecule has 0 atom stereocenters. The average molecular weight is 387 g/mol. The molecule has 1 aromatic heterocycles. The minimum atomic E-state index is -3.80. The topological polar surface area (TPSA) is 164 Å². The predicted octanol–water partition coefficient (Wildman–Crippen LogP) is 1.14. The minimum Gasteiger partial charge on any atom is -0.507 e. The van der Waals surface area contributed by atoms with Crippen LogP contribution in [0, 0.1) is 0 Å². The van der Waals surface area contributed by atoms with Gasteiger partial charge in [-0.3, -0.25) is 9.89 Å². The fourth-order valence-electron chi connectivity index (χ4n) is 2.42. The summed E-state index contributed by atoms with van der Waals surface area (Å²) in [6.45, 7) is 0.298. The fourth-order valence-corrected chi connectivity index (χ4v) is 2.94. The number of phenols is 1. The summed E-state index contributed by atoms with van der Waals surface area (Å²) >= 11 is 0. The fraction of sp³-hybridized carbons (Fsp3) is 0.0588. The Morgan fingerprint density at radius 3 is 2.44 bits per heavy atom. The van der Waals surface area contributed by atoms with Crippen molar-refractivity contribution in [2.24, 2.45) is 10.9 Å². The minimum absolute atomic E-state index is 0.00925. The number of primary sulfonamides is 1. The lowest BCUT2D eigenvalue weighted by atomic mass is 10.1. The smallest absolute Gasteiger partial charge is 0.273 e. The van der Waals surface area contributed by atoms with E-state index in [0.717, 1.165) is 5.56 Å². The van der Waals surface area contributed by atoms with Crippen LogP contribution in [0.2, 0.25) is 0 Å². The number of hydrogen-bond acceptors (Lipinski definition) is 6. The lowest BCUT2D eigenvalue weighted by molar-refractivity contribution is 0.102. The monoisotopic (exact) mass is 387 g/mol. The van der Waals surface area contributed by atoms with Crippen molar-refractivity contribution < 1.29 is 18.3 Å². The summed E-state index contributed by atoms with van der Waals surface area (Å²) in [5.41, 5.74) is 7.71. The summed E-state index contributed by atoms with van der Waals surface area (Å²) in [5, 5.41) is 24.4. The Labute approximate surface area is 155 Å². The van der Waals surface area contributed by atoms with E-state index in [1.165, 1.54) is 36.4 Å². The number of rotatable bonds is 5. The van der Waals surface area contributed by atoms with Crippen LogP contribution in [0.5, 0.6) is 5.75 Å². The molecule has 0 radical (unpaired) electrons. The second kappa shape index (κ2) is 7.19. The zero-order valence-corrected chi connectivity index (χ0v) is 14.8. The Balaban J connectivity index is 1.77. The summed E-state index contributed by atoms with van der Waals surface area (Å²) in [6.07, 6.45) is 0. The lowest BCUT2D eigenvalue weighted by Gasteiger charge is -2.04. The van der Waals surface area contributed by atoms with Crippen molar-refractivity contribution in [1.82, 2.24) is 10.2 Å². The molecule has 1 heterocycles. The zero-order valence-electron chi connectivity index (χ0n) is 14.0. The molecular weight excluding hydrogens is 370 g/mol. The Morgan fingerprint density at radius 2 is 1.85 bits per heavy atom. The molecule has 0 spiro atoms. The first-order valence-corrected chi connectivity index (χ1v) is 9.34. The van der Waals surface area contributed by atoms with Gasteiger partial charge in [-0.25, -0.2) is 13.6 Å². The molecule has 0 aliphatic carbocycles. The third kappa shape index (κ3) is 4.14. The highest BCUT2D eigenvalue weighted by Crippen LogP contribution is 2.29. The van der Waals surface area contributed by atoms with E-state index in [1.54, 1.807) is 12.1 Å². The predicted molar refractivity (Wildman–Crippen MR) is 99.3 cm³/mol. The van der Waals surface area contributed by atoms with Gasteiger partial charge in [0.05, 0.1) is 10.6 Å². The van der Waals surface area contributed by atoms with Gasteiger partial charge in [-0.15, -0.1) is 0 Å². The second-order valence-electron chi connectivity index (χ2n) is 5.75. The number of aromatic nitrogens is 2. The average Bonchev–Trinajstić information content (AvgIpc) is 3.11. The molecule has 7 N–H and O–H groups in total. The number of carbonyl (C=O) groups excluding carboxylic acids is 1. The van der Waals surface area contributed by atoms with Crippen molar-refractivity contribution >= 4 is 21.6 Å². The van der Waals surface area contributed by atoms with Gasteiger partial charge in [0.2, 0.25) is 10.0 Å². The molecule has 3 aromatic rings. The number of amides is 1. The molecule has 0 saturated heterocycles. The summed E-state index contributed by atoms with van der Waals surface area (Å²) in [5.74, 6) is -0.467. The van der Waals surface area contributed by atoms with Crippen LogP contribution in [0.1, 0.15) is 16.1 Å². The Morgan fingerprint density at radius 1 is 1.15 bits per heavy atom. The number of nitrogens with one attached hydrogen (secondary N) is 2. The maximum atomic E-state index is 12.3. The second-order valence-corrected chi connectivity index (χ2v) is 7.31. The largest absolute Gasteiger partial charge is 0.507 e. The number of nitrogens with two attached hydrogens (primary N) is 2. The van der Waals surface area contributed by atoms with Crippen molar-refractivity contribution in [3.05, 3.63) is 59.8 Å². The quantitative estimate of drug-likeness (QED) is 0.440. The number of H-pyrrole nitrogens is 1. The number of phenolic OH excluding ortho intramolecular Hbond substituents is 1. The van der Waals surface area contributed by atoms with Gasteiger partial charge in [-0.1, -0.05) is 6.07 Å². The molecule has 1 amide bonds.